The van der Waals surface area contributed by atoms with E-state index in [0.29, 0.717) is 0 Å². The summed E-state index contributed by atoms with van der Waals surface area (Å²) in [5.74, 6) is 0. The van der Waals surface area contributed by atoms with Gasteiger partial charge in [-0.05, 0) is 122 Å². The predicted octanol–water partition coefficient (Wildman–Crippen LogP) is 19.1. The number of rotatable bonds is 8. The van der Waals surface area contributed by atoms with Crippen LogP contribution < -0.4 is 4.90 Å². The normalized spacial score (nSPS) is 11.7. The first-order chi connectivity index (χ1) is 35.2. The molecule has 0 fully saturated rings. The second-order valence-electron chi connectivity index (χ2n) is 18.4. The lowest BCUT2D eigenvalue weighted by molar-refractivity contribution is 0.670. The van der Waals surface area contributed by atoms with Gasteiger partial charge < -0.3 is 13.9 Å². The third-order valence-corrected chi connectivity index (χ3v) is 14.4. The fourth-order valence-corrected chi connectivity index (χ4v) is 11.0. The van der Waals surface area contributed by atoms with Crippen molar-refractivity contribution in [2.24, 2.45) is 0 Å². The molecule has 2 aromatic heterocycles. The Balaban J connectivity index is 0.827. The monoisotopic (exact) mass is 904 g/mol. The number of hydrogen-bond donors (Lipinski definition) is 0. The van der Waals surface area contributed by atoms with E-state index in [9.17, 15) is 0 Å². The molecular formula is C68H44N2O. The number of hydrogen-bond acceptors (Lipinski definition) is 2. The van der Waals surface area contributed by atoms with Gasteiger partial charge in [0.15, 0.2) is 0 Å². The summed E-state index contributed by atoms with van der Waals surface area (Å²) in [6, 6.07) is 96.6. The number of fused-ring (bicyclic) bond motifs is 9. The van der Waals surface area contributed by atoms with Gasteiger partial charge in [0.05, 0.1) is 16.7 Å². The second-order valence-corrected chi connectivity index (χ2v) is 18.4. The number of furan rings is 1. The van der Waals surface area contributed by atoms with Crippen molar-refractivity contribution in [2.75, 3.05) is 4.90 Å². The molecule has 14 aromatic rings. The van der Waals surface area contributed by atoms with Gasteiger partial charge >= 0.3 is 0 Å². The first kappa shape index (κ1) is 40.6. The molecule has 14 rings (SSSR count). The topological polar surface area (TPSA) is 21.3 Å². The molecule has 0 saturated heterocycles. The molecule has 0 N–H and O–H groups in total. The van der Waals surface area contributed by atoms with Crippen molar-refractivity contribution in [3.05, 3.63) is 267 Å². The van der Waals surface area contributed by atoms with E-state index in [1.165, 1.54) is 71.3 Å². The third-order valence-electron chi connectivity index (χ3n) is 14.4. The fraction of sp³-hybridized carbons (Fsp3) is 0. The van der Waals surface area contributed by atoms with E-state index < -0.39 is 0 Å². The maximum Gasteiger partial charge on any atom is 0.143 e. The van der Waals surface area contributed by atoms with Crippen LogP contribution in [-0.2, 0) is 0 Å². The first-order valence-corrected chi connectivity index (χ1v) is 24.3. The number of para-hydroxylation sites is 5. The minimum absolute atomic E-state index is 0.895. The van der Waals surface area contributed by atoms with Gasteiger partial charge in [-0.15, -0.1) is 0 Å². The minimum Gasteiger partial charge on any atom is -0.455 e. The number of aromatic nitrogens is 1. The molecule has 0 bridgehead atoms. The molecule has 0 atom stereocenters. The summed E-state index contributed by atoms with van der Waals surface area (Å²) < 4.78 is 8.95. The Morgan fingerprint density at radius 3 is 1.55 bits per heavy atom. The van der Waals surface area contributed by atoms with Crippen LogP contribution in [0.15, 0.2) is 271 Å². The number of benzene rings is 12. The van der Waals surface area contributed by atoms with Crippen LogP contribution in [0.5, 0.6) is 0 Å². The van der Waals surface area contributed by atoms with Crippen molar-refractivity contribution < 1.29 is 4.42 Å². The molecule has 0 radical (unpaired) electrons. The van der Waals surface area contributed by atoms with Crippen LogP contribution in [0, 0.1) is 0 Å². The molecule has 332 valence electrons. The lowest BCUT2D eigenvalue weighted by Crippen LogP contribution is -2.10. The van der Waals surface area contributed by atoms with Crippen molar-refractivity contribution in [3.8, 4) is 50.2 Å². The Labute approximate surface area is 411 Å². The van der Waals surface area contributed by atoms with E-state index in [2.05, 4.69) is 264 Å². The minimum atomic E-state index is 0.895. The molecule has 0 aliphatic rings. The molecule has 3 nitrogen and oxygen atoms in total. The largest absolute Gasteiger partial charge is 0.455 e. The van der Waals surface area contributed by atoms with E-state index >= 15 is 0 Å². The van der Waals surface area contributed by atoms with Gasteiger partial charge in [0.2, 0.25) is 0 Å². The van der Waals surface area contributed by atoms with Gasteiger partial charge in [-0.3, -0.25) is 0 Å². The standard InChI is InChI=1S/C68H44N2O/c1-2-16-56-48(13-1)31-32-52-43-50(37-42-57(52)56)47-35-40-54(41-36-47)69(55-15-11-14-51(44-55)59-21-12-22-63-62-20-6-10-26-67(62)71-68(59)63)53-38-33-46(34-39-53)45-27-29-49(30-28-45)58-17-3-7-23-64(58)70-65-24-8-4-18-60(65)61-19-5-9-25-66(61)70/h1-44H. The summed E-state index contributed by atoms with van der Waals surface area (Å²) in [5, 5.41) is 9.81. The Morgan fingerprint density at radius 2 is 0.803 bits per heavy atom. The van der Waals surface area contributed by atoms with Crippen LogP contribution in [0.2, 0.25) is 0 Å². The molecule has 0 amide bonds. The summed E-state index contributed by atoms with van der Waals surface area (Å²) in [5.41, 5.74) is 17.8. The van der Waals surface area contributed by atoms with Crippen LogP contribution in [0.4, 0.5) is 17.1 Å². The average molecular weight is 905 g/mol. The summed E-state index contributed by atoms with van der Waals surface area (Å²) in [6.07, 6.45) is 0. The maximum atomic E-state index is 6.54. The molecule has 12 aromatic carbocycles. The number of nitrogens with zero attached hydrogens (tertiary/aromatic N) is 2. The molecule has 0 spiro atoms. The molecule has 71 heavy (non-hydrogen) atoms. The zero-order valence-electron chi connectivity index (χ0n) is 38.7. The highest BCUT2D eigenvalue weighted by Crippen LogP contribution is 2.42. The van der Waals surface area contributed by atoms with E-state index in [4.69, 9.17) is 4.42 Å². The van der Waals surface area contributed by atoms with E-state index in [1.54, 1.807) is 0 Å². The highest BCUT2D eigenvalue weighted by Gasteiger charge is 2.19. The third kappa shape index (κ3) is 6.89. The average Bonchev–Trinajstić information content (AvgIpc) is 4.00. The molecule has 2 heterocycles. The maximum absolute atomic E-state index is 6.54. The van der Waals surface area contributed by atoms with E-state index in [1.807, 2.05) is 12.1 Å². The van der Waals surface area contributed by atoms with Gasteiger partial charge in [-0.1, -0.05) is 200 Å². The summed E-state index contributed by atoms with van der Waals surface area (Å²) in [4.78, 5) is 2.36. The van der Waals surface area contributed by atoms with Crippen LogP contribution >= 0.6 is 0 Å². The van der Waals surface area contributed by atoms with Crippen LogP contribution in [0.25, 0.3) is 115 Å². The fourth-order valence-electron chi connectivity index (χ4n) is 11.0. The second kappa shape index (κ2) is 16.7. The highest BCUT2D eigenvalue weighted by atomic mass is 16.3. The van der Waals surface area contributed by atoms with Crippen molar-refractivity contribution in [1.29, 1.82) is 0 Å². The van der Waals surface area contributed by atoms with Crippen molar-refractivity contribution >= 4 is 82.4 Å². The lowest BCUT2D eigenvalue weighted by atomic mass is 9.97. The summed E-state index contributed by atoms with van der Waals surface area (Å²) in [6.45, 7) is 0. The quantitative estimate of drug-likeness (QED) is 0.142. The molecule has 3 heteroatoms. The Morgan fingerprint density at radius 1 is 0.282 bits per heavy atom. The van der Waals surface area contributed by atoms with Crippen molar-refractivity contribution in [2.45, 2.75) is 0 Å². The lowest BCUT2D eigenvalue weighted by Gasteiger charge is -2.26. The van der Waals surface area contributed by atoms with Gasteiger partial charge in [0, 0.05) is 49.7 Å². The van der Waals surface area contributed by atoms with Gasteiger partial charge in [0.1, 0.15) is 11.2 Å². The van der Waals surface area contributed by atoms with Crippen LogP contribution in [-0.4, -0.2) is 4.57 Å². The zero-order valence-corrected chi connectivity index (χ0v) is 38.7. The zero-order chi connectivity index (χ0) is 46.8. The van der Waals surface area contributed by atoms with Gasteiger partial charge in [0.25, 0.3) is 0 Å². The molecule has 0 saturated carbocycles. The van der Waals surface area contributed by atoms with E-state index in [-0.39, 0.29) is 0 Å². The SMILES string of the molecule is c1cc(-c2cccc3c2oc2ccccc23)cc(N(c2ccc(-c3ccc(-c4ccccc4-n4c5ccccc5c5ccccc54)cc3)cc2)c2ccc(-c3ccc4c(ccc5ccccc54)c3)cc2)c1. The summed E-state index contributed by atoms with van der Waals surface area (Å²) in [7, 11) is 0. The molecule has 0 aliphatic carbocycles. The molecular weight excluding hydrogens is 861 g/mol. The van der Waals surface area contributed by atoms with Crippen LogP contribution in [0.1, 0.15) is 0 Å². The van der Waals surface area contributed by atoms with Gasteiger partial charge in [-0.2, -0.15) is 0 Å². The molecule has 0 aliphatic heterocycles. The van der Waals surface area contributed by atoms with Gasteiger partial charge in [-0.25, -0.2) is 0 Å². The summed E-state index contributed by atoms with van der Waals surface area (Å²) >= 11 is 0. The smallest absolute Gasteiger partial charge is 0.143 e. The van der Waals surface area contributed by atoms with Crippen molar-refractivity contribution in [3.63, 3.8) is 0 Å². The Kier molecular flexibility index (Phi) is 9.53. The number of anilines is 3. The highest BCUT2D eigenvalue weighted by molar-refractivity contribution is 6.11. The van der Waals surface area contributed by atoms with E-state index in [0.717, 1.165) is 61.3 Å². The molecule has 0 unspecified atom stereocenters. The Hall–Kier alpha value is -9.44. The first-order valence-electron chi connectivity index (χ1n) is 24.3. The van der Waals surface area contributed by atoms with Crippen molar-refractivity contribution in [1.82, 2.24) is 4.57 Å². The Bertz CT molecular complexity index is 4280. The predicted molar refractivity (Wildman–Crippen MR) is 299 cm³/mol. The van der Waals surface area contributed by atoms with Crippen LogP contribution in [0.3, 0.4) is 0 Å².